The van der Waals surface area contributed by atoms with Crippen LogP contribution in [0, 0.1) is 19.8 Å². The summed E-state index contributed by atoms with van der Waals surface area (Å²) in [5.74, 6) is 0.395. The summed E-state index contributed by atoms with van der Waals surface area (Å²) in [5, 5.41) is 3.45. The molecule has 1 aliphatic carbocycles. The Morgan fingerprint density at radius 3 is 2.92 bits per heavy atom. The molecule has 2 aromatic heterocycles. The summed E-state index contributed by atoms with van der Waals surface area (Å²) in [4.78, 5) is 30.9. The van der Waals surface area contributed by atoms with E-state index in [9.17, 15) is 9.59 Å². The molecule has 0 spiro atoms. The summed E-state index contributed by atoms with van der Waals surface area (Å²) in [6.07, 6.45) is 6.60. The van der Waals surface area contributed by atoms with Crippen LogP contribution in [-0.2, 0) is 16.1 Å². The highest BCUT2D eigenvalue weighted by molar-refractivity contribution is 7.18. The number of aryl methyl sites for hydroxylation is 2. The van der Waals surface area contributed by atoms with Gasteiger partial charge in [0, 0.05) is 11.4 Å². The molecule has 142 valence electrons. The number of nitrogens with zero attached hydrogens (tertiary/aromatic N) is 2. The second-order valence-corrected chi connectivity index (χ2v) is 8.37. The van der Waals surface area contributed by atoms with Crippen molar-refractivity contribution in [1.29, 1.82) is 0 Å². The maximum Gasteiger partial charge on any atom is 0.262 e. The number of hydrogen-bond acceptors (Lipinski definition) is 5. The topological polar surface area (TPSA) is 73.2 Å². The Hall–Kier alpha value is -1.73. The first-order valence-electron chi connectivity index (χ1n) is 9.31. The van der Waals surface area contributed by atoms with Gasteiger partial charge >= 0.3 is 0 Å². The van der Waals surface area contributed by atoms with Crippen LogP contribution in [0.5, 0.6) is 0 Å². The molecule has 1 amide bonds. The van der Waals surface area contributed by atoms with Crippen molar-refractivity contribution >= 4 is 27.5 Å². The van der Waals surface area contributed by atoms with Gasteiger partial charge in [-0.25, -0.2) is 4.98 Å². The highest BCUT2D eigenvalue weighted by Gasteiger charge is 2.21. The largest absolute Gasteiger partial charge is 0.376 e. The van der Waals surface area contributed by atoms with Crippen molar-refractivity contribution in [3.05, 3.63) is 27.1 Å². The van der Waals surface area contributed by atoms with Gasteiger partial charge in [-0.05, 0) is 38.2 Å². The van der Waals surface area contributed by atoms with Crippen LogP contribution in [0.4, 0.5) is 0 Å². The molecule has 2 atom stereocenters. The summed E-state index contributed by atoms with van der Waals surface area (Å²) in [6, 6.07) is 0. The van der Waals surface area contributed by atoms with Crippen LogP contribution < -0.4 is 10.9 Å². The Kier molecular flexibility index (Phi) is 6.09. The van der Waals surface area contributed by atoms with Crippen LogP contribution in [0.3, 0.4) is 0 Å². The highest BCUT2D eigenvalue weighted by atomic mass is 32.1. The molecule has 2 aromatic rings. The van der Waals surface area contributed by atoms with E-state index in [-0.39, 0.29) is 18.0 Å². The second-order valence-electron chi connectivity index (χ2n) is 7.16. The van der Waals surface area contributed by atoms with Gasteiger partial charge in [0.15, 0.2) is 0 Å². The minimum absolute atomic E-state index is 0.0179. The molecular formula is C19H27N3O3S. The number of hydrogen-bond donors (Lipinski definition) is 1. The van der Waals surface area contributed by atoms with E-state index in [2.05, 4.69) is 17.2 Å². The lowest BCUT2D eigenvalue weighted by atomic mass is 9.88. The summed E-state index contributed by atoms with van der Waals surface area (Å²) < 4.78 is 7.28. The fraction of sp³-hybridized carbons (Fsp3) is 0.632. The molecule has 3 rings (SSSR count). The molecule has 0 aromatic carbocycles. The van der Waals surface area contributed by atoms with Crippen LogP contribution in [0.25, 0.3) is 10.2 Å². The van der Waals surface area contributed by atoms with Crippen molar-refractivity contribution < 1.29 is 9.53 Å². The maximum atomic E-state index is 12.6. The SMILES string of the molecule is Cc1sc2ncn(CC(=O)NCCO[C@H]3CCCC[C@H]3C)c(=O)c2c1C. The van der Waals surface area contributed by atoms with E-state index < -0.39 is 0 Å². The number of amides is 1. The molecule has 0 bridgehead atoms. The Labute approximate surface area is 157 Å². The van der Waals surface area contributed by atoms with E-state index in [1.807, 2.05) is 13.8 Å². The van der Waals surface area contributed by atoms with Gasteiger partial charge in [0.2, 0.25) is 5.91 Å². The third-order valence-corrected chi connectivity index (χ3v) is 6.37. The average Bonchev–Trinajstić information content (AvgIpc) is 2.91. The molecule has 0 radical (unpaired) electrons. The van der Waals surface area contributed by atoms with Crippen molar-refractivity contribution in [3.8, 4) is 0 Å². The zero-order valence-electron chi connectivity index (χ0n) is 15.7. The van der Waals surface area contributed by atoms with Crippen LogP contribution in [0.2, 0.25) is 0 Å². The van der Waals surface area contributed by atoms with Gasteiger partial charge in [-0.1, -0.05) is 19.8 Å². The minimum atomic E-state index is -0.196. The number of carbonyl (C=O) groups is 1. The van der Waals surface area contributed by atoms with E-state index in [1.165, 1.54) is 41.5 Å². The predicted molar refractivity (Wildman–Crippen MR) is 104 cm³/mol. The number of nitrogens with one attached hydrogen (secondary N) is 1. The number of thiophene rings is 1. The van der Waals surface area contributed by atoms with Crippen LogP contribution in [0.15, 0.2) is 11.1 Å². The number of fused-ring (bicyclic) bond motifs is 1. The summed E-state index contributed by atoms with van der Waals surface area (Å²) >= 11 is 1.51. The van der Waals surface area contributed by atoms with Crippen molar-refractivity contribution in [3.63, 3.8) is 0 Å². The van der Waals surface area contributed by atoms with E-state index in [1.54, 1.807) is 0 Å². The zero-order valence-corrected chi connectivity index (χ0v) is 16.5. The first-order valence-corrected chi connectivity index (χ1v) is 10.1. The van der Waals surface area contributed by atoms with Crippen molar-refractivity contribution in [2.75, 3.05) is 13.2 Å². The van der Waals surface area contributed by atoms with E-state index in [0.717, 1.165) is 21.7 Å². The molecule has 0 unspecified atom stereocenters. The minimum Gasteiger partial charge on any atom is -0.376 e. The van der Waals surface area contributed by atoms with E-state index in [4.69, 9.17) is 4.74 Å². The summed E-state index contributed by atoms with van der Waals surface area (Å²) in [6.45, 7) is 7.08. The third-order valence-electron chi connectivity index (χ3n) is 5.26. The molecule has 1 saturated carbocycles. The van der Waals surface area contributed by atoms with Gasteiger partial charge in [0.25, 0.3) is 5.56 Å². The van der Waals surface area contributed by atoms with Crippen LogP contribution >= 0.6 is 11.3 Å². The summed E-state index contributed by atoms with van der Waals surface area (Å²) in [5.41, 5.74) is 0.798. The van der Waals surface area contributed by atoms with Gasteiger partial charge < -0.3 is 10.1 Å². The van der Waals surface area contributed by atoms with Crippen molar-refractivity contribution in [2.24, 2.45) is 5.92 Å². The fourth-order valence-corrected chi connectivity index (χ4v) is 4.51. The predicted octanol–water partition coefficient (Wildman–Crippen LogP) is 2.79. The number of rotatable bonds is 6. The van der Waals surface area contributed by atoms with Crippen molar-refractivity contribution in [1.82, 2.24) is 14.9 Å². The smallest absolute Gasteiger partial charge is 0.262 e. The number of carbonyl (C=O) groups excluding carboxylic acids is 1. The monoisotopic (exact) mass is 377 g/mol. The standard InChI is InChI=1S/C19H27N3O3S/c1-12-6-4-5-7-15(12)25-9-8-20-16(23)10-22-11-21-18-17(19(22)24)13(2)14(3)26-18/h11-12,15H,4-10H2,1-3H3,(H,20,23)/t12-,15+/m1/s1. The second kappa shape index (κ2) is 8.31. The molecule has 1 fully saturated rings. The number of aromatic nitrogens is 2. The first kappa shape index (κ1) is 19.0. The van der Waals surface area contributed by atoms with E-state index >= 15 is 0 Å². The van der Waals surface area contributed by atoms with Gasteiger partial charge in [0.1, 0.15) is 11.4 Å². The zero-order chi connectivity index (χ0) is 18.7. The molecule has 2 heterocycles. The molecule has 26 heavy (non-hydrogen) atoms. The lowest BCUT2D eigenvalue weighted by molar-refractivity contribution is -0.122. The Morgan fingerprint density at radius 1 is 1.38 bits per heavy atom. The van der Waals surface area contributed by atoms with Crippen LogP contribution in [-0.4, -0.2) is 34.7 Å². The first-order chi connectivity index (χ1) is 12.5. The maximum absolute atomic E-state index is 12.6. The third kappa shape index (κ3) is 4.15. The Bertz CT molecular complexity index is 842. The molecule has 1 N–H and O–H groups in total. The van der Waals surface area contributed by atoms with Gasteiger partial charge in [-0.15, -0.1) is 11.3 Å². The molecular weight excluding hydrogens is 350 g/mol. The molecule has 6 nitrogen and oxygen atoms in total. The number of ether oxygens (including phenoxy) is 1. The molecule has 1 aliphatic rings. The molecule has 7 heteroatoms. The summed E-state index contributed by atoms with van der Waals surface area (Å²) in [7, 11) is 0. The molecule has 0 saturated heterocycles. The normalized spacial score (nSPS) is 20.4. The average molecular weight is 378 g/mol. The van der Waals surface area contributed by atoms with Crippen molar-refractivity contribution in [2.45, 2.75) is 59.1 Å². The Morgan fingerprint density at radius 2 is 2.15 bits per heavy atom. The lowest BCUT2D eigenvalue weighted by Gasteiger charge is -2.28. The van der Waals surface area contributed by atoms with Crippen LogP contribution in [0.1, 0.15) is 43.0 Å². The van der Waals surface area contributed by atoms with Gasteiger partial charge in [-0.2, -0.15) is 0 Å². The van der Waals surface area contributed by atoms with Gasteiger partial charge in [0.05, 0.1) is 24.4 Å². The van der Waals surface area contributed by atoms with E-state index in [0.29, 0.717) is 30.6 Å². The quantitative estimate of drug-likeness (QED) is 0.786. The molecule has 0 aliphatic heterocycles. The lowest BCUT2D eigenvalue weighted by Crippen LogP contribution is -2.35. The highest BCUT2D eigenvalue weighted by Crippen LogP contribution is 2.26. The van der Waals surface area contributed by atoms with Gasteiger partial charge in [-0.3, -0.25) is 14.2 Å². The Balaban J connectivity index is 1.52. The fourth-order valence-electron chi connectivity index (χ4n) is 3.52.